The number of piperazine rings is 1. The molecule has 0 unspecified atom stereocenters. The molecule has 6 nitrogen and oxygen atoms in total. The third-order valence-corrected chi connectivity index (χ3v) is 2.28. The minimum atomic E-state index is -0.335. The largest absolute Gasteiger partial charge is 0.396 e. The second-order valence-electron chi connectivity index (χ2n) is 3.75. The van der Waals surface area contributed by atoms with Crippen molar-refractivity contribution in [1.82, 2.24) is 10.3 Å². The third-order valence-electron chi connectivity index (χ3n) is 2.28. The Balaban J connectivity index is 2.29. The van der Waals surface area contributed by atoms with Crippen molar-refractivity contribution in [3.63, 3.8) is 0 Å². The maximum Gasteiger partial charge on any atom is 0.246 e. The van der Waals surface area contributed by atoms with Gasteiger partial charge in [-0.25, -0.2) is 4.98 Å². The van der Waals surface area contributed by atoms with E-state index in [1.807, 2.05) is 6.92 Å². The van der Waals surface area contributed by atoms with Crippen molar-refractivity contribution in [2.24, 2.45) is 0 Å². The highest BCUT2D eigenvalue weighted by Gasteiger charge is 2.24. The van der Waals surface area contributed by atoms with Crippen LogP contribution in [0.1, 0.15) is 5.56 Å². The Morgan fingerprint density at radius 3 is 2.56 bits per heavy atom. The summed E-state index contributed by atoms with van der Waals surface area (Å²) < 4.78 is 0. The third kappa shape index (κ3) is 1.95. The van der Waals surface area contributed by atoms with E-state index in [1.165, 1.54) is 0 Å². The average Bonchev–Trinajstić information content (AvgIpc) is 2.15. The molecule has 6 heteroatoms. The lowest BCUT2D eigenvalue weighted by atomic mass is 10.2. The highest BCUT2D eigenvalue weighted by molar-refractivity contribution is 6.02. The fourth-order valence-corrected chi connectivity index (χ4v) is 1.64. The number of anilines is 2. The summed E-state index contributed by atoms with van der Waals surface area (Å²) >= 11 is 0. The average molecular weight is 220 g/mol. The van der Waals surface area contributed by atoms with Crippen LogP contribution in [0, 0.1) is 6.92 Å². The minimum Gasteiger partial charge on any atom is -0.396 e. The van der Waals surface area contributed by atoms with Crippen molar-refractivity contribution >= 4 is 23.3 Å². The fraction of sp³-hybridized carbons (Fsp3) is 0.300. The summed E-state index contributed by atoms with van der Waals surface area (Å²) in [6.07, 6.45) is 1.66. The van der Waals surface area contributed by atoms with Gasteiger partial charge in [0, 0.05) is 6.20 Å². The number of nitrogens with zero attached hydrogens (tertiary/aromatic N) is 2. The van der Waals surface area contributed by atoms with Crippen molar-refractivity contribution in [2.45, 2.75) is 6.92 Å². The van der Waals surface area contributed by atoms with Crippen molar-refractivity contribution in [3.05, 3.63) is 17.8 Å². The van der Waals surface area contributed by atoms with E-state index in [9.17, 15) is 9.59 Å². The lowest BCUT2D eigenvalue weighted by molar-refractivity contribution is -0.130. The number of nitrogens with two attached hydrogens (primary N) is 1. The normalized spacial score (nSPS) is 16.2. The first-order chi connectivity index (χ1) is 7.56. The van der Waals surface area contributed by atoms with Crippen LogP contribution in [0.5, 0.6) is 0 Å². The van der Waals surface area contributed by atoms with Crippen molar-refractivity contribution < 1.29 is 9.59 Å². The van der Waals surface area contributed by atoms with E-state index < -0.39 is 0 Å². The van der Waals surface area contributed by atoms with Gasteiger partial charge in [-0.1, -0.05) is 0 Å². The number of carbonyl (C=O) groups excluding carboxylic acids is 2. The van der Waals surface area contributed by atoms with E-state index in [2.05, 4.69) is 10.3 Å². The molecule has 0 spiro atoms. The molecule has 0 saturated carbocycles. The molecule has 0 aliphatic carbocycles. The van der Waals surface area contributed by atoms with Crippen LogP contribution in [0.3, 0.4) is 0 Å². The quantitative estimate of drug-likeness (QED) is 0.619. The van der Waals surface area contributed by atoms with Crippen molar-refractivity contribution in [2.75, 3.05) is 23.7 Å². The molecule has 1 saturated heterocycles. The molecule has 2 heterocycles. The Morgan fingerprint density at radius 1 is 1.38 bits per heavy atom. The first-order valence-corrected chi connectivity index (χ1v) is 4.86. The van der Waals surface area contributed by atoms with Crippen LogP contribution in [-0.4, -0.2) is 29.9 Å². The number of pyridine rings is 1. The molecule has 0 radical (unpaired) electrons. The van der Waals surface area contributed by atoms with Gasteiger partial charge >= 0.3 is 0 Å². The Morgan fingerprint density at radius 2 is 2.00 bits per heavy atom. The lowest BCUT2D eigenvalue weighted by Crippen LogP contribution is -2.51. The van der Waals surface area contributed by atoms with E-state index in [0.29, 0.717) is 11.5 Å². The number of nitrogens with one attached hydrogen (secondary N) is 1. The molecular formula is C10H12N4O2. The summed E-state index contributed by atoms with van der Waals surface area (Å²) in [7, 11) is 0. The van der Waals surface area contributed by atoms with E-state index in [4.69, 9.17) is 5.73 Å². The van der Waals surface area contributed by atoms with E-state index >= 15 is 0 Å². The molecule has 0 bridgehead atoms. The van der Waals surface area contributed by atoms with Crippen molar-refractivity contribution in [1.29, 1.82) is 0 Å². The van der Waals surface area contributed by atoms with E-state index in [1.54, 1.807) is 17.2 Å². The van der Waals surface area contributed by atoms with Gasteiger partial charge in [-0.2, -0.15) is 0 Å². The molecule has 1 aliphatic rings. The first kappa shape index (κ1) is 10.4. The molecule has 0 aromatic carbocycles. The molecule has 2 rings (SSSR count). The van der Waals surface area contributed by atoms with Crippen LogP contribution in [0.25, 0.3) is 0 Å². The van der Waals surface area contributed by atoms with E-state index in [-0.39, 0.29) is 24.9 Å². The molecule has 16 heavy (non-hydrogen) atoms. The molecular weight excluding hydrogens is 208 g/mol. The monoisotopic (exact) mass is 220 g/mol. The number of carbonyl (C=O) groups is 2. The van der Waals surface area contributed by atoms with Gasteiger partial charge in [0.15, 0.2) is 5.82 Å². The SMILES string of the molecule is Cc1cnc(N2CC(=O)NC(=O)C2)c(N)c1. The summed E-state index contributed by atoms with van der Waals surface area (Å²) in [6.45, 7) is 2.08. The Hall–Kier alpha value is -2.11. The number of hydrogen-bond acceptors (Lipinski definition) is 5. The number of aromatic nitrogens is 1. The van der Waals surface area contributed by atoms with Gasteiger partial charge in [0.05, 0.1) is 18.8 Å². The second-order valence-corrected chi connectivity index (χ2v) is 3.75. The van der Waals surface area contributed by atoms with Crippen LogP contribution >= 0.6 is 0 Å². The van der Waals surface area contributed by atoms with Crippen LogP contribution < -0.4 is 16.0 Å². The molecule has 2 amide bonds. The van der Waals surface area contributed by atoms with Crippen LogP contribution in [0.2, 0.25) is 0 Å². The van der Waals surface area contributed by atoms with Gasteiger partial charge in [-0.05, 0) is 18.6 Å². The Kier molecular flexibility index (Phi) is 2.47. The maximum atomic E-state index is 11.2. The lowest BCUT2D eigenvalue weighted by Gasteiger charge is -2.27. The number of nitrogen functional groups attached to an aromatic ring is 1. The maximum absolute atomic E-state index is 11.2. The van der Waals surface area contributed by atoms with E-state index in [0.717, 1.165) is 5.56 Å². The number of aryl methyl sites for hydroxylation is 1. The number of imide groups is 1. The predicted molar refractivity (Wildman–Crippen MR) is 58.7 cm³/mol. The highest BCUT2D eigenvalue weighted by atomic mass is 16.2. The summed E-state index contributed by atoms with van der Waals surface area (Å²) in [4.78, 5) is 28.1. The fourth-order valence-electron chi connectivity index (χ4n) is 1.64. The zero-order valence-corrected chi connectivity index (χ0v) is 8.86. The van der Waals surface area contributed by atoms with Gasteiger partial charge in [0.2, 0.25) is 11.8 Å². The molecule has 1 aromatic rings. The van der Waals surface area contributed by atoms with Crippen LogP contribution in [0.15, 0.2) is 12.3 Å². The van der Waals surface area contributed by atoms with Crippen molar-refractivity contribution in [3.8, 4) is 0 Å². The summed E-state index contributed by atoms with van der Waals surface area (Å²) in [5.74, 6) is -0.190. The zero-order valence-electron chi connectivity index (χ0n) is 8.86. The predicted octanol–water partition coefficient (Wildman–Crippen LogP) is -0.565. The molecule has 3 N–H and O–H groups in total. The number of hydrogen-bond donors (Lipinski definition) is 2. The summed E-state index contributed by atoms with van der Waals surface area (Å²) in [6, 6.07) is 1.76. The number of rotatable bonds is 1. The van der Waals surface area contributed by atoms with Gasteiger partial charge < -0.3 is 10.6 Å². The Labute approximate surface area is 92.4 Å². The standard InChI is InChI=1S/C10H12N4O2/c1-6-2-7(11)10(12-3-6)14-4-8(15)13-9(16)5-14/h2-3H,4-5,11H2,1H3,(H,13,15,16). The first-order valence-electron chi connectivity index (χ1n) is 4.86. The van der Waals surface area contributed by atoms with Gasteiger partial charge in [0.25, 0.3) is 0 Å². The molecule has 1 aromatic heterocycles. The molecule has 1 aliphatic heterocycles. The van der Waals surface area contributed by atoms with Gasteiger partial charge in [-0.15, -0.1) is 0 Å². The molecule has 84 valence electrons. The van der Waals surface area contributed by atoms with Crippen LogP contribution in [-0.2, 0) is 9.59 Å². The van der Waals surface area contributed by atoms with Gasteiger partial charge in [-0.3, -0.25) is 14.9 Å². The second kappa shape index (κ2) is 3.80. The van der Waals surface area contributed by atoms with Gasteiger partial charge in [0.1, 0.15) is 0 Å². The van der Waals surface area contributed by atoms with Crippen LogP contribution in [0.4, 0.5) is 11.5 Å². The topological polar surface area (TPSA) is 88.3 Å². The summed E-state index contributed by atoms with van der Waals surface area (Å²) in [5, 5.41) is 2.22. The number of amides is 2. The zero-order chi connectivity index (χ0) is 11.7. The molecule has 1 fully saturated rings. The Bertz CT molecular complexity index is 442. The summed E-state index contributed by atoms with van der Waals surface area (Å²) in [5.41, 5.74) is 7.21. The minimum absolute atomic E-state index is 0.103. The molecule has 0 atom stereocenters. The smallest absolute Gasteiger partial charge is 0.246 e. The highest BCUT2D eigenvalue weighted by Crippen LogP contribution is 2.21.